The maximum atomic E-state index is 12.9. The van der Waals surface area contributed by atoms with E-state index in [2.05, 4.69) is 4.98 Å². The molecular weight excluding hydrogens is 464 g/mol. The minimum Gasteiger partial charge on any atom is -0.453 e. The van der Waals surface area contributed by atoms with Crippen LogP contribution in [-0.2, 0) is 47.3 Å². The molecule has 2 fully saturated rings. The van der Waals surface area contributed by atoms with Gasteiger partial charge in [-0.05, 0) is 25.1 Å². The third-order valence-electron chi connectivity index (χ3n) is 6.08. The largest absolute Gasteiger partial charge is 0.453 e. The van der Waals surface area contributed by atoms with Gasteiger partial charge < -0.3 is 23.7 Å². The van der Waals surface area contributed by atoms with Gasteiger partial charge in [-0.2, -0.15) is 4.31 Å². The normalized spacial score (nSPS) is 18.7. The number of morpholine rings is 2. The van der Waals surface area contributed by atoms with Crippen molar-refractivity contribution in [1.29, 1.82) is 0 Å². The number of sulfonamides is 1. The zero-order valence-corrected chi connectivity index (χ0v) is 20.3. The number of hydrogen-bond donors (Lipinski definition) is 0. The second kappa shape index (κ2) is 10.4. The number of nitrogens with zero attached hydrogens (tertiary/aromatic N) is 4. The summed E-state index contributed by atoms with van der Waals surface area (Å²) >= 11 is 0. The molecule has 0 N–H and O–H groups in total. The first-order valence-electron chi connectivity index (χ1n) is 11.4. The third-order valence-corrected chi connectivity index (χ3v) is 7.98. The molecule has 0 radical (unpaired) electrons. The minimum atomic E-state index is -3.63. The zero-order chi connectivity index (χ0) is 24.3. The summed E-state index contributed by atoms with van der Waals surface area (Å²) in [4.78, 5) is 31.1. The number of esters is 1. The molecule has 0 spiro atoms. The summed E-state index contributed by atoms with van der Waals surface area (Å²) in [6.07, 6.45) is -0.510. The fraction of sp³-hybridized carbons (Fsp3) is 0.591. The predicted molar refractivity (Wildman–Crippen MR) is 122 cm³/mol. The number of aryl methyl sites for hydroxylation is 2. The van der Waals surface area contributed by atoms with Crippen LogP contribution in [0.4, 0.5) is 0 Å². The summed E-state index contributed by atoms with van der Waals surface area (Å²) in [7, 11) is -1.81. The average molecular weight is 495 g/mol. The molecule has 2 aromatic rings. The van der Waals surface area contributed by atoms with Gasteiger partial charge in [-0.1, -0.05) is 0 Å². The summed E-state index contributed by atoms with van der Waals surface area (Å²) in [6, 6.07) is 4.86. The van der Waals surface area contributed by atoms with Gasteiger partial charge in [-0.3, -0.25) is 9.59 Å². The van der Waals surface area contributed by atoms with Crippen molar-refractivity contribution >= 4 is 32.9 Å². The standard InChI is InChI=1S/C22H30N4O7S/c1-16(22(28)25-7-11-31-12-8-25)33-21(27)6-5-20-23-18-15-17(3-4-19(18)24(20)2)34(29,30)26-9-13-32-14-10-26/h3-4,15-16H,5-14H2,1-2H3/t16-/m0/s1. The lowest BCUT2D eigenvalue weighted by atomic mass is 10.2. The van der Waals surface area contributed by atoms with E-state index in [-0.39, 0.29) is 17.2 Å². The fourth-order valence-corrected chi connectivity index (χ4v) is 5.54. The topological polar surface area (TPSA) is 120 Å². The van der Waals surface area contributed by atoms with Crippen LogP contribution in [-0.4, -0.2) is 97.8 Å². The van der Waals surface area contributed by atoms with Gasteiger partial charge in [-0.15, -0.1) is 0 Å². The highest BCUT2D eigenvalue weighted by molar-refractivity contribution is 7.89. The number of amides is 1. The van der Waals surface area contributed by atoms with E-state index in [4.69, 9.17) is 14.2 Å². The van der Waals surface area contributed by atoms with E-state index in [0.29, 0.717) is 70.4 Å². The highest BCUT2D eigenvalue weighted by Gasteiger charge is 2.28. The lowest BCUT2D eigenvalue weighted by molar-refractivity contribution is -0.160. The first kappa shape index (κ1) is 24.6. The number of benzene rings is 1. The predicted octanol–water partition coefficient (Wildman–Crippen LogP) is 0.317. The van der Waals surface area contributed by atoms with Crippen molar-refractivity contribution in [2.24, 2.45) is 7.05 Å². The maximum absolute atomic E-state index is 12.9. The van der Waals surface area contributed by atoms with Crippen molar-refractivity contribution in [3.63, 3.8) is 0 Å². The molecule has 4 rings (SSSR count). The molecule has 2 aliphatic heterocycles. The number of carbonyl (C=O) groups excluding carboxylic acids is 2. The fourth-order valence-electron chi connectivity index (χ4n) is 4.11. The summed E-state index contributed by atoms with van der Waals surface area (Å²) in [5.41, 5.74) is 1.30. The van der Waals surface area contributed by atoms with Crippen LogP contribution in [0.1, 0.15) is 19.2 Å². The Bertz CT molecular complexity index is 1150. The quantitative estimate of drug-likeness (QED) is 0.505. The van der Waals surface area contributed by atoms with Gasteiger partial charge in [0, 0.05) is 39.6 Å². The molecule has 1 amide bonds. The Kier molecular flexibility index (Phi) is 7.51. The van der Waals surface area contributed by atoms with Gasteiger partial charge in [0.25, 0.3) is 5.91 Å². The number of carbonyl (C=O) groups is 2. The molecule has 0 unspecified atom stereocenters. The second-order valence-corrected chi connectivity index (χ2v) is 10.3. The highest BCUT2D eigenvalue weighted by atomic mass is 32.2. The number of ether oxygens (including phenoxy) is 3. The monoisotopic (exact) mass is 494 g/mol. The second-order valence-electron chi connectivity index (χ2n) is 8.32. The van der Waals surface area contributed by atoms with Crippen molar-refractivity contribution in [3.8, 4) is 0 Å². The number of imidazole rings is 1. The summed E-state index contributed by atoms with van der Waals surface area (Å²) < 4.78 is 45.0. The molecule has 3 heterocycles. The molecule has 34 heavy (non-hydrogen) atoms. The highest BCUT2D eigenvalue weighted by Crippen LogP contribution is 2.23. The molecule has 2 saturated heterocycles. The van der Waals surface area contributed by atoms with E-state index in [9.17, 15) is 18.0 Å². The van der Waals surface area contributed by atoms with Gasteiger partial charge in [0.2, 0.25) is 10.0 Å². The first-order valence-corrected chi connectivity index (χ1v) is 12.8. The van der Waals surface area contributed by atoms with E-state index in [1.54, 1.807) is 30.0 Å². The number of hydrogen-bond acceptors (Lipinski definition) is 8. The van der Waals surface area contributed by atoms with Gasteiger partial charge in [-0.25, -0.2) is 13.4 Å². The maximum Gasteiger partial charge on any atom is 0.307 e. The molecule has 186 valence electrons. The third kappa shape index (κ3) is 5.24. The van der Waals surface area contributed by atoms with Crippen molar-refractivity contribution < 1.29 is 32.2 Å². The van der Waals surface area contributed by atoms with E-state index in [0.717, 1.165) is 5.52 Å². The summed E-state index contributed by atoms with van der Waals surface area (Å²) in [5, 5.41) is 0. The van der Waals surface area contributed by atoms with Gasteiger partial charge >= 0.3 is 5.97 Å². The molecule has 0 aliphatic carbocycles. The lowest BCUT2D eigenvalue weighted by Gasteiger charge is -2.28. The Balaban J connectivity index is 1.39. The van der Waals surface area contributed by atoms with E-state index < -0.39 is 22.1 Å². The molecule has 0 saturated carbocycles. The Hall–Kier alpha value is -2.54. The van der Waals surface area contributed by atoms with Gasteiger partial charge in [0.05, 0.1) is 48.8 Å². The molecular formula is C22H30N4O7S. The van der Waals surface area contributed by atoms with E-state index in [1.807, 2.05) is 11.6 Å². The van der Waals surface area contributed by atoms with Crippen LogP contribution in [0.5, 0.6) is 0 Å². The molecule has 1 atom stereocenters. The van der Waals surface area contributed by atoms with Crippen molar-refractivity contribution in [2.75, 3.05) is 52.6 Å². The van der Waals surface area contributed by atoms with E-state index in [1.165, 1.54) is 4.31 Å². The van der Waals surface area contributed by atoms with Crippen LogP contribution in [0.3, 0.4) is 0 Å². The lowest BCUT2D eigenvalue weighted by Crippen LogP contribution is -2.46. The number of aromatic nitrogens is 2. The van der Waals surface area contributed by atoms with Crippen LogP contribution >= 0.6 is 0 Å². The molecule has 0 bridgehead atoms. The van der Waals surface area contributed by atoms with Crippen molar-refractivity contribution in [2.45, 2.75) is 30.8 Å². The smallest absolute Gasteiger partial charge is 0.307 e. The number of fused-ring (bicyclic) bond motifs is 1. The Morgan fingerprint density at radius 3 is 2.41 bits per heavy atom. The Morgan fingerprint density at radius 2 is 1.74 bits per heavy atom. The van der Waals surface area contributed by atoms with Crippen LogP contribution in [0, 0.1) is 0 Å². The molecule has 1 aromatic heterocycles. The Labute approximate surface area is 198 Å². The van der Waals surface area contributed by atoms with Crippen molar-refractivity contribution in [1.82, 2.24) is 18.8 Å². The molecule has 1 aromatic carbocycles. The Morgan fingerprint density at radius 1 is 1.09 bits per heavy atom. The zero-order valence-electron chi connectivity index (χ0n) is 19.4. The van der Waals surface area contributed by atoms with Gasteiger partial charge in [0.15, 0.2) is 6.10 Å². The van der Waals surface area contributed by atoms with Gasteiger partial charge in [0.1, 0.15) is 5.82 Å². The number of rotatable bonds is 7. The van der Waals surface area contributed by atoms with Crippen LogP contribution in [0.2, 0.25) is 0 Å². The SMILES string of the molecule is C[C@H](OC(=O)CCc1nc2cc(S(=O)(=O)N3CCOCC3)ccc2n1C)C(=O)N1CCOCC1. The summed E-state index contributed by atoms with van der Waals surface area (Å²) in [6.45, 7) is 4.91. The van der Waals surface area contributed by atoms with E-state index >= 15 is 0 Å². The first-order chi connectivity index (χ1) is 16.3. The molecule has 2 aliphatic rings. The van der Waals surface area contributed by atoms with Crippen molar-refractivity contribution in [3.05, 3.63) is 24.0 Å². The molecule has 11 nitrogen and oxygen atoms in total. The summed E-state index contributed by atoms with van der Waals surface area (Å²) in [5.74, 6) is -0.0924. The molecule has 12 heteroatoms. The van der Waals surface area contributed by atoms with Crippen LogP contribution < -0.4 is 0 Å². The minimum absolute atomic E-state index is 0.0524. The average Bonchev–Trinajstić information content (AvgIpc) is 3.18. The van der Waals surface area contributed by atoms with Crippen LogP contribution in [0.15, 0.2) is 23.1 Å². The van der Waals surface area contributed by atoms with Crippen LogP contribution in [0.25, 0.3) is 11.0 Å².